The molecule has 0 saturated heterocycles. The normalized spacial score (nSPS) is 10.3. The summed E-state index contributed by atoms with van der Waals surface area (Å²) < 4.78 is 1.32. The van der Waals surface area contributed by atoms with Crippen LogP contribution >= 0.6 is 0 Å². The molecule has 104 valence electrons. The fraction of sp³-hybridized carbons (Fsp3) is 0.267. The number of amides is 1. The molecule has 1 amide bonds. The molecule has 5 nitrogen and oxygen atoms in total. The second-order valence-corrected chi connectivity index (χ2v) is 4.64. The summed E-state index contributed by atoms with van der Waals surface area (Å²) in [6.45, 7) is 4.70. The zero-order valence-corrected chi connectivity index (χ0v) is 11.6. The summed E-state index contributed by atoms with van der Waals surface area (Å²) in [5.74, 6) is -0.142. The number of aryl methyl sites for hydroxylation is 2. The maximum Gasteiger partial charge on any atom is 0.266 e. The number of hydrogen-bond acceptors (Lipinski definition) is 3. The first-order chi connectivity index (χ1) is 9.58. The van der Waals surface area contributed by atoms with Crippen LogP contribution in [0.5, 0.6) is 0 Å². The van der Waals surface area contributed by atoms with E-state index in [-0.39, 0.29) is 11.5 Å². The van der Waals surface area contributed by atoms with Crippen LogP contribution in [0.4, 0.5) is 0 Å². The second kappa shape index (κ2) is 6.14. The van der Waals surface area contributed by atoms with Crippen LogP contribution in [-0.2, 0) is 6.54 Å². The molecule has 1 N–H and O–H groups in total. The van der Waals surface area contributed by atoms with Gasteiger partial charge in [0.15, 0.2) is 0 Å². The molecule has 1 heterocycles. The van der Waals surface area contributed by atoms with E-state index in [1.165, 1.54) is 10.7 Å². The van der Waals surface area contributed by atoms with Crippen molar-refractivity contribution < 1.29 is 4.79 Å². The third-order valence-corrected chi connectivity index (χ3v) is 3.16. The first-order valence-electron chi connectivity index (χ1n) is 6.45. The highest BCUT2D eigenvalue weighted by molar-refractivity contribution is 5.94. The van der Waals surface area contributed by atoms with E-state index in [2.05, 4.69) is 10.4 Å². The van der Waals surface area contributed by atoms with Crippen molar-refractivity contribution in [3.05, 3.63) is 63.6 Å². The van der Waals surface area contributed by atoms with Crippen LogP contribution in [0, 0.1) is 13.8 Å². The Hall–Kier alpha value is -2.43. The van der Waals surface area contributed by atoms with E-state index in [9.17, 15) is 9.59 Å². The Kier molecular flexibility index (Phi) is 4.30. The van der Waals surface area contributed by atoms with Crippen LogP contribution in [0.2, 0.25) is 0 Å². The number of hydrogen-bond donors (Lipinski definition) is 1. The van der Waals surface area contributed by atoms with Gasteiger partial charge in [0.25, 0.3) is 11.5 Å². The maximum absolute atomic E-state index is 12.0. The molecule has 0 aliphatic heterocycles. The predicted octanol–water partition coefficient (Wildman–Crippen LogP) is 1.29. The van der Waals surface area contributed by atoms with Crippen LogP contribution in [0.3, 0.4) is 0 Å². The molecule has 0 atom stereocenters. The average Bonchev–Trinajstić information content (AvgIpc) is 2.44. The zero-order valence-electron chi connectivity index (χ0n) is 11.6. The van der Waals surface area contributed by atoms with Gasteiger partial charge >= 0.3 is 0 Å². The minimum atomic E-state index is -0.173. The lowest BCUT2D eigenvalue weighted by Gasteiger charge is -2.08. The lowest BCUT2D eigenvalue weighted by Crippen LogP contribution is -2.31. The van der Waals surface area contributed by atoms with E-state index in [0.29, 0.717) is 18.7 Å². The van der Waals surface area contributed by atoms with Crippen LogP contribution in [0.1, 0.15) is 21.5 Å². The second-order valence-electron chi connectivity index (χ2n) is 4.64. The first-order valence-corrected chi connectivity index (χ1v) is 6.45. The average molecular weight is 271 g/mol. The Bertz CT molecular complexity index is 677. The smallest absolute Gasteiger partial charge is 0.266 e. The van der Waals surface area contributed by atoms with E-state index in [1.54, 1.807) is 18.3 Å². The quantitative estimate of drug-likeness (QED) is 0.911. The van der Waals surface area contributed by atoms with Crippen LogP contribution < -0.4 is 10.9 Å². The van der Waals surface area contributed by atoms with Gasteiger partial charge in [0.2, 0.25) is 0 Å². The summed E-state index contributed by atoms with van der Waals surface area (Å²) in [5, 5.41) is 6.71. The van der Waals surface area contributed by atoms with E-state index in [0.717, 1.165) is 11.1 Å². The molecule has 20 heavy (non-hydrogen) atoms. The summed E-state index contributed by atoms with van der Waals surface area (Å²) in [5.41, 5.74) is 2.69. The maximum atomic E-state index is 12.0. The van der Waals surface area contributed by atoms with Crippen LogP contribution in [0.25, 0.3) is 0 Å². The minimum Gasteiger partial charge on any atom is -0.350 e. The number of rotatable bonds is 4. The fourth-order valence-corrected chi connectivity index (χ4v) is 1.82. The van der Waals surface area contributed by atoms with Gasteiger partial charge in [0.05, 0.1) is 6.54 Å². The molecule has 0 saturated carbocycles. The van der Waals surface area contributed by atoms with Crippen molar-refractivity contribution in [1.29, 1.82) is 0 Å². The van der Waals surface area contributed by atoms with Gasteiger partial charge in [-0.3, -0.25) is 9.59 Å². The molecule has 0 bridgehead atoms. The Morgan fingerprint density at radius 3 is 2.75 bits per heavy atom. The van der Waals surface area contributed by atoms with Crippen molar-refractivity contribution in [2.24, 2.45) is 0 Å². The van der Waals surface area contributed by atoms with Crippen LogP contribution in [0.15, 0.2) is 41.3 Å². The van der Waals surface area contributed by atoms with Gasteiger partial charge in [-0.1, -0.05) is 6.07 Å². The van der Waals surface area contributed by atoms with Gasteiger partial charge in [-0.05, 0) is 43.2 Å². The molecular weight excluding hydrogens is 254 g/mol. The van der Waals surface area contributed by atoms with Crippen molar-refractivity contribution in [3.63, 3.8) is 0 Å². The summed E-state index contributed by atoms with van der Waals surface area (Å²) in [4.78, 5) is 23.4. The molecular formula is C15H17N3O2. The van der Waals surface area contributed by atoms with E-state index in [4.69, 9.17) is 0 Å². The van der Waals surface area contributed by atoms with Gasteiger partial charge < -0.3 is 5.32 Å². The van der Waals surface area contributed by atoms with Gasteiger partial charge in [0.1, 0.15) is 0 Å². The third kappa shape index (κ3) is 3.32. The molecule has 0 unspecified atom stereocenters. The first kappa shape index (κ1) is 14.0. The van der Waals surface area contributed by atoms with Crippen molar-refractivity contribution >= 4 is 5.91 Å². The number of carbonyl (C=O) groups excluding carboxylic acids is 1. The molecule has 2 aromatic rings. The molecule has 1 aromatic heterocycles. The Balaban J connectivity index is 1.94. The molecule has 0 fully saturated rings. The van der Waals surface area contributed by atoms with Crippen molar-refractivity contribution in [3.8, 4) is 0 Å². The Morgan fingerprint density at radius 2 is 2.05 bits per heavy atom. The summed E-state index contributed by atoms with van der Waals surface area (Å²) >= 11 is 0. The van der Waals surface area contributed by atoms with Crippen LogP contribution in [-0.4, -0.2) is 22.2 Å². The van der Waals surface area contributed by atoms with E-state index < -0.39 is 0 Å². The number of carbonyl (C=O) groups is 1. The summed E-state index contributed by atoms with van der Waals surface area (Å²) in [6, 6.07) is 8.61. The lowest BCUT2D eigenvalue weighted by molar-refractivity contribution is 0.0951. The minimum absolute atomic E-state index is 0.142. The molecule has 2 rings (SSSR count). The summed E-state index contributed by atoms with van der Waals surface area (Å²) in [7, 11) is 0. The third-order valence-electron chi connectivity index (χ3n) is 3.16. The number of benzene rings is 1. The summed E-state index contributed by atoms with van der Waals surface area (Å²) in [6.07, 6.45) is 1.55. The highest BCUT2D eigenvalue weighted by Gasteiger charge is 2.06. The number of aromatic nitrogens is 2. The van der Waals surface area contributed by atoms with E-state index in [1.807, 2.05) is 26.0 Å². The Labute approximate surface area is 117 Å². The largest absolute Gasteiger partial charge is 0.350 e. The van der Waals surface area contributed by atoms with Gasteiger partial charge in [-0.15, -0.1) is 0 Å². The van der Waals surface area contributed by atoms with Crippen molar-refractivity contribution in [2.75, 3.05) is 6.54 Å². The van der Waals surface area contributed by atoms with Gasteiger partial charge in [-0.25, -0.2) is 4.68 Å². The van der Waals surface area contributed by atoms with Gasteiger partial charge in [0, 0.05) is 24.4 Å². The molecule has 5 heteroatoms. The molecule has 0 spiro atoms. The lowest BCUT2D eigenvalue weighted by atomic mass is 10.1. The molecule has 1 aromatic carbocycles. The number of nitrogens with zero attached hydrogens (tertiary/aromatic N) is 2. The molecule has 0 radical (unpaired) electrons. The SMILES string of the molecule is Cc1ccc(C(=O)NCCn2ncccc2=O)cc1C. The van der Waals surface area contributed by atoms with E-state index >= 15 is 0 Å². The van der Waals surface area contributed by atoms with Gasteiger partial charge in [-0.2, -0.15) is 5.10 Å². The predicted molar refractivity (Wildman–Crippen MR) is 76.7 cm³/mol. The zero-order chi connectivity index (χ0) is 14.5. The fourth-order valence-electron chi connectivity index (χ4n) is 1.82. The van der Waals surface area contributed by atoms with Crippen molar-refractivity contribution in [2.45, 2.75) is 20.4 Å². The standard InChI is InChI=1S/C15H17N3O2/c1-11-5-6-13(10-12(11)2)15(20)16-8-9-18-14(19)4-3-7-17-18/h3-7,10H,8-9H2,1-2H3,(H,16,20). The van der Waals surface area contributed by atoms with Crippen molar-refractivity contribution in [1.82, 2.24) is 15.1 Å². The number of nitrogens with one attached hydrogen (secondary N) is 1. The molecule has 0 aliphatic carbocycles. The molecule has 0 aliphatic rings. The topological polar surface area (TPSA) is 64.0 Å². The highest BCUT2D eigenvalue weighted by atomic mass is 16.1. The monoisotopic (exact) mass is 271 g/mol. The Morgan fingerprint density at radius 1 is 1.25 bits per heavy atom. The highest BCUT2D eigenvalue weighted by Crippen LogP contribution is 2.09.